The third-order valence-corrected chi connectivity index (χ3v) is 3.56. The average molecular weight is 354 g/mol. The number of rotatable bonds is 7. The normalized spacial score (nSPS) is 10.3. The molecule has 0 aliphatic carbocycles. The van der Waals surface area contributed by atoms with Crippen molar-refractivity contribution in [2.24, 2.45) is 0 Å². The van der Waals surface area contributed by atoms with Crippen molar-refractivity contribution in [3.63, 3.8) is 0 Å². The average Bonchev–Trinajstić information content (AvgIpc) is 2.50. The third-order valence-electron chi connectivity index (χ3n) is 3.26. The first-order valence-corrected chi connectivity index (χ1v) is 7.66. The highest BCUT2D eigenvalue weighted by atomic mass is 35.5. The van der Waals surface area contributed by atoms with Crippen LogP contribution < -0.4 is 4.74 Å². The van der Waals surface area contributed by atoms with Gasteiger partial charge in [-0.2, -0.15) is 0 Å². The zero-order chi connectivity index (χ0) is 15.9. The molecule has 0 saturated heterocycles. The summed E-state index contributed by atoms with van der Waals surface area (Å²) in [4.78, 5) is 14.3. The zero-order valence-corrected chi connectivity index (χ0v) is 14.9. The molecule has 0 bridgehead atoms. The second-order valence-electron chi connectivity index (χ2n) is 5.16. The molecule has 0 aromatic heterocycles. The van der Waals surface area contributed by atoms with Gasteiger partial charge in [0.25, 0.3) is 0 Å². The Labute approximate surface area is 148 Å². The summed E-state index contributed by atoms with van der Waals surface area (Å²) in [5.41, 5.74) is 1.79. The molecule has 0 atom stereocenters. The van der Waals surface area contributed by atoms with Gasteiger partial charge in [0.05, 0.1) is 18.2 Å². The van der Waals surface area contributed by atoms with Crippen LogP contribution in [0.5, 0.6) is 5.75 Å². The summed E-state index contributed by atoms with van der Waals surface area (Å²) in [5, 5.41) is 0.471. The van der Waals surface area contributed by atoms with Crippen LogP contribution in [0, 0.1) is 0 Å². The number of hydrogen-bond donors (Lipinski definition) is 0. The van der Waals surface area contributed by atoms with E-state index >= 15 is 0 Å². The second-order valence-corrected chi connectivity index (χ2v) is 5.57. The van der Waals surface area contributed by atoms with Crippen molar-refractivity contribution >= 4 is 29.8 Å². The predicted molar refractivity (Wildman–Crippen MR) is 97.0 cm³/mol. The van der Waals surface area contributed by atoms with Gasteiger partial charge in [0, 0.05) is 12.1 Å². The number of carbonyl (C=O) groups excluding carboxylic acids is 1. The molecule has 0 heterocycles. The number of carbonyl (C=O) groups is 1. The monoisotopic (exact) mass is 353 g/mol. The van der Waals surface area contributed by atoms with Crippen molar-refractivity contribution in [3.8, 4) is 5.75 Å². The van der Waals surface area contributed by atoms with Gasteiger partial charge in [-0.25, -0.2) is 0 Å². The van der Waals surface area contributed by atoms with E-state index in [1.165, 1.54) is 5.56 Å². The largest absolute Gasteiger partial charge is 0.492 e. The SMILES string of the molecule is CCOc1ccc(C(=O)CN(C)Cc2ccccc2)cc1Cl.Cl. The molecule has 0 saturated carbocycles. The predicted octanol–water partition coefficient (Wildman–Crippen LogP) is 4.48. The summed E-state index contributed by atoms with van der Waals surface area (Å²) < 4.78 is 5.38. The molecular weight excluding hydrogens is 333 g/mol. The van der Waals surface area contributed by atoms with Gasteiger partial charge in [0.15, 0.2) is 5.78 Å². The van der Waals surface area contributed by atoms with Crippen molar-refractivity contribution < 1.29 is 9.53 Å². The Morgan fingerprint density at radius 1 is 1.17 bits per heavy atom. The summed E-state index contributed by atoms with van der Waals surface area (Å²) in [6.07, 6.45) is 0. The molecule has 124 valence electrons. The van der Waals surface area contributed by atoms with Gasteiger partial charge >= 0.3 is 0 Å². The van der Waals surface area contributed by atoms with Gasteiger partial charge in [0.2, 0.25) is 0 Å². The molecule has 0 radical (unpaired) electrons. The zero-order valence-electron chi connectivity index (χ0n) is 13.3. The molecular formula is C18H21Cl2NO2. The Kier molecular flexibility index (Phi) is 8.10. The number of ether oxygens (including phenoxy) is 1. The maximum atomic E-state index is 12.3. The van der Waals surface area contributed by atoms with E-state index in [-0.39, 0.29) is 18.2 Å². The van der Waals surface area contributed by atoms with Crippen molar-refractivity contribution in [1.29, 1.82) is 0 Å². The van der Waals surface area contributed by atoms with E-state index in [0.29, 0.717) is 29.5 Å². The van der Waals surface area contributed by atoms with Crippen LogP contribution >= 0.6 is 24.0 Å². The highest BCUT2D eigenvalue weighted by Crippen LogP contribution is 2.25. The number of benzene rings is 2. The lowest BCUT2D eigenvalue weighted by Crippen LogP contribution is -2.25. The molecule has 2 aromatic carbocycles. The standard InChI is InChI=1S/C18H20ClNO2.ClH/c1-3-22-18-10-9-15(11-16(18)19)17(21)13-20(2)12-14-7-5-4-6-8-14;/h4-11H,3,12-13H2,1-2H3;1H. The molecule has 2 rings (SSSR count). The Morgan fingerprint density at radius 2 is 1.87 bits per heavy atom. The first kappa shape index (κ1) is 19.5. The summed E-state index contributed by atoms with van der Waals surface area (Å²) in [6, 6.07) is 15.3. The molecule has 0 N–H and O–H groups in total. The lowest BCUT2D eigenvalue weighted by atomic mass is 10.1. The van der Waals surface area contributed by atoms with Crippen LogP contribution in [0.15, 0.2) is 48.5 Å². The maximum Gasteiger partial charge on any atom is 0.176 e. The molecule has 3 nitrogen and oxygen atoms in total. The Hall–Kier alpha value is -1.55. The number of ketones is 1. The number of likely N-dealkylation sites (N-methyl/N-ethyl adjacent to an activating group) is 1. The van der Waals surface area contributed by atoms with Crippen molar-refractivity contribution in [3.05, 3.63) is 64.7 Å². The highest BCUT2D eigenvalue weighted by molar-refractivity contribution is 6.32. The van der Waals surface area contributed by atoms with Crippen LogP contribution in [-0.2, 0) is 6.54 Å². The van der Waals surface area contributed by atoms with Crippen molar-refractivity contribution in [2.45, 2.75) is 13.5 Å². The van der Waals surface area contributed by atoms with E-state index < -0.39 is 0 Å². The molecule has 0 amide bonds. The van der Waals surface area contributed by atoms with Crippen LogP contribution in [0.4, 0.5) is 0 Å². The summed E-state index contributed by atoms with van der Waals surface area (Å²) in [6.45, 7) is 3.53. The second kappa shape index (κ2) is 9.56. The Morgan fingerprint density at radius 3 is 2.48 bits per heavy atom. The number of halogens is 2. The minimum atomic E-state index is 0. The fourth-order valence-electron chi connectivity index (χ4n) is 2.23. The number of nitrogens with zero attached hydrogens (tertiary/aromatic N) is 1. The molecule has 0 fully saturated rings. The van der Waals surface area contributed by atoms with Crippen LogP contribution in [0.2, 0.25) is 5.02 Å². The fraction of sp³-hybridized carbons (Fsp3) is 0.278. The summed E-state index contributed by atoms with van der Waals surface area (Å²) in [7, 11) is 1.93. The highest BCUT2D eigenvalue weighted by Gasteiger charge is 2.12. The maximum absolute atomic E-state index is 12.3. The van der Waals surface area contributed by atoms with Crippen molar-refractivity contribution in [2.75, 3.05) is 20.2 Å². The molecule has 0 spiro atoms. The van der Waals surface area contributed by atoms with E-state index in [0.717, 1.165) is 6.54 Å². The Bertz CT molecular complexity index is 632. The van der Waals surface area contributed by atoms with E-state index in [2.05, 4.69) is 12.1 Å². The minimum Gasteiger partial charge on any atom is -0.492 e. The quantitative estimate of drug-likeness (QED) is 0.687. The molecule has 2 aromatic rings. The molecule has 0 unspecified atom stereocenters. The van der Waals surface area contributed by atoms with E-state index in [4.69, 9.17) is 16.3 Å². The number of Topliss-reactive ketones (excluding diaryl/α,β-unsaturated/α-hetero) is 1. The van der Waals surface area contributed by atoms with Crippen LogP contribution in [-0.4, -0.2) is 30.9 Å². The third kappa shape index (κ3) is 5.87. The van der Waals surface area contributed by atoms with E-state index in [1.54, 1.807) is 18.2 Å². The smallest absolute Gasteiger partial charge is 0.176 e. The van der Waals surface area contributed by atoms with Gasteiger partial charge in [-0.15, -0.1) is 12.4 Å². The molecule has 0 aliphatic rings. The first-order chi connectivity index (χ1) is 10.6. The van der Waals surface area contributed by atoms with Crippen LogP contribution in [0.1, 0.15) is 22.8 Å². The Balaban J connectivity index is 0.00000264. The van der Waals surface area contributed by atoms with Crippen LogP contribution in [0.3, 0.4) is 0 Å². The molecule has 0 aliphatic heterocycles. The van der Waals surface area contributed by atoms with Gasteiger partial charge < -0.3 is 4.74 Å². The summed E-state index contributed by atoms with van der Waals surface area (Å²) >= 11 is 6.13. The van der Waals surface area contributed by atoms with E-state index in [1.807, 2.05) is 37.1 Å². The van der Waals surface area contributed by atoms with Gasteiger partial charge in [-0.3, -0.25) is 9.69 Å². The fourth-order valence-corrected chi connectivity index (χ4v) is 2.47. The lowest BCUT2D eigenvalue weighted by molar-refractivity contribution is 0.0943. The minimum absolute atomic E-state index is 0. The van der Waals surface area contributed by atoms with E-state index in [9.17, 15) is 4.79 Å². The van der Waals surface area contributed by atoms with Crippen molar-refractivity contribution in [1.82, 2.24) is 4.90 Å². The van der Waals surface area contributed by atoms with Gasteiger partial charge in [0.1, 0.15) is 5.75 Å². The first-order valence-electron chi connectivity index (χ1n) is 7.28. The lowest BCUT2D eigenvalue weighted by Gasteiger charge is -2.16. The molecule has 5 heteroatoms. The van der Waals surface area contributed by atoms with Gasteiger partial charge in [-0.05, 0) is 37.7 Å². The summed E-state index contributed by atoms with van der Waals surface area (Å²) in [5.74, 6) is 0.654. The van der Waals surface area contributed by atoms with Crippen LogP contribution in [0.25, 0.3) is 0 Å². The number of hydrogen-bond acceptors (Lipinski definition) is 3. The topological polar surface area (TPSA) is 29.5 Å². The van der Waals surface area contributed by atoms with Gasteiger partial charge in [-0.1, -0.05) is 41.9 Å². The molecule has 23 heavy (non-hydrogen) atoms.